The summed E-state index contributed by atoms with van der Waals surface area (Å²) in [5.74, 6) is -0.679. The van der Waals surface area contributed by atoms with Gasteiger partial charge in [0.1, 0.15) is 0 Å². The maximum Gasteiger partial charge on any atom is 0.417 e. The maximum atomic E-state index is 13.0. The fourth-order valence-corrected chi connectivity index (χ4v) is 3.27. The van der Waals surface area contributed by atoms with Gasteiger partial charge in [-0.3, -0.25) is 9.69 Å². The van der Waals surface area contributed by atoms with Crippen molar-refractivity contribution < 1.29 is 18.0 Å². The molecule has 1 N–H and O–H groups in total. The van der Waals surface area contributed by atoms with Gasteiger partial charge in [0.2, 0.25) is 0 Å². The van der Waals surface area contributed by atoms with Crippen LogP contribution in [0, 0.1) is 0 Å². The quantitative estimate of drug-likeness (QED) is 0.819. The van der Waals surface area contributed by atoms with E-state index in [0.29, 0.717) is 13.0 Å². The van der Waals surface area contributed by atoms with Gasteiger partial charge in [0.15, 0.2) is 0 Å². The summed E-state index contributed by atoms with van der Waals surface area (Å²) in [4.78, 5) is 14.4. The Morgan fingerprint density at radius 2 is 1.73 bits per heavy atom. The lowest BCUT2D eigenvalue weighted by atomic mass is 10.00. The Kier molecular flexibility index (Phi) is 5.61. The Morgan fingerprint density at radius 3 is 2.50 bits per heavy atom. The highest BCUT2D eigenvalue weighted by atomic mass is 19.4. The first-order chi connectivity index (χ1) is 12.4. The van der Waals surface area contributed by atoms with Gasteiger partial charge in [-0.1, -0.05) is 36.4 Å². The number of nitrogens with one attached hydrogen (secondary N) is 1. The van der Waals surface area contributed by atoms with Crippen LogP contribution in [0.5, 0.6) is 0 Å². The predicted molar refractivity (Wildman–Crippen MR) is 93.8 cm³/mol. The predicted octanol–water partition coefficient (Wildman–Crippen LogP) is 3.88. The molecule has 3 nitrogen and oxygen atoms in total. The molecule has 0 saturated carbocycles. The van der Waals surface area contributed by atoms with Crippen molar-refractivity contribution >= 4 is 5.91 Å². The number of nitrogens with zero attached hydrogens (tertiary/aromatic N) is 1. The minimum Gasteiger partial charge on any atom is -0.352 e. The van der Waals surface area contributed by atoms with Crippen LogP contribution >= 0.6 is 0 Å². The molecule has 2 aromatic carbocycles. The van der Waals surface area contributed by atoms with Gasteiger partial charge in [-0.2, -0.15) is 13.2 Å². The zero-order valence-corrected chi connectivity index (χ0v) is 14.4. The van der Waals surface area contributed by atoms with Crippen LogP contribution in [0.1, 0.15) is 33.5 Å². The van der Waals surface area contributed by atoms with Crippen molar-refractivity contribution in [2.24, 2.45) is 0 Å². The maximum absolute atomic E-state index is 13.0. The molecule has 0 fully saturated rings. The van der Waals surface area contributed by atoms with Crippen LogP contribution in [0.2, 0.25) is 0 Å². The Balaban J connectivity index is 1.48. The van der Waals surface area contributed by atoms with Crippen LogP contribution in [0.4, 0.5) is 13.2 Å². The van der Waals surface area contributed by atoms with Crippen LogP contribution in [0.25, 0.3) is 0 Å². The van der Waals surface area contributed by atoms with Crippen LogP contribution in [0.15, 0.2) is 48.5 Å². The summed E-state index contributed by atoms with van der Waals surface area (Å²) in [6, 6.07) is 13.2. The molecule has 2 aromatic rings. The van der Waals surface area contributed by atoms with Crippen molar-refractivity contribution in [2.45, 2.75) is 25.6 Å². The molecule has 0 saturated heterocycles. The highest BCUT2D eigenvalue weighted by Crippen LogP contribution is 2.31. The van der Waals surface area contributed by atoms with Crippen LogP contribution < -0.4 is 5.32 Å². The molecule has 0 aliphatic carbocycles. The highest BCUT2D eigenvalue weighted by molar-refractivity contribution is 5.95. The van der Waals surface area contributed by atoms with E-state index in [2.05, 4.69) is 22.3 Å². The number of benzene rings is 2. The van der Waals surface area contributed by atoms with Gasteiger partial charge in [-0.15, -0.1) is 0 Å². The van der Waals surface area contributed by atoms with E-state index in [1.54, 1.807) is 0 Å². The van der Waals surface area contributed by atoms with Gasteiger partial charge in [-0.05, 0) is 36.1 Å². The fraction of sp³-hybridized carbons (Fsp3) is 0.350. The van der Waals surface area contributed by atoms with Crippen molar-refractivity contribution in [1.29, 1.82) is 0 Å². The molecule has 0 spiro atoms. The molecule has 26 heavy (non-hydrogen) atoms. The first-order valence-corrected chi connectivity index (χ1v) is 8.69. The third-order valence-corrected chi connectivity index (χ3v) is 4.62. The summed E-state index contributed by atoms with van der Waals surface area (Å²) >= 11 is 0. The number of halogens is 3. The first-order valence-electron chi connectivity index (χ1n) is 8.69. The third kappa shape index (κ3) is 4.43. The van der Waals surface area contributed by atoms with E-state index in [4.69, 9.17) is 0 Å². The van der Waals surface area contributed by atoms with Crippen molar-refractivity contribution in [1.82, 2.24) is 10.2 Å². The molecule has 1 heterocycles. The van der Waals surface area contributed by atoms with E-state index < -0.39 is 17.6 Å². The number of hydrogen-bond donors (Lipinski definition) is 1. The molecular formula is C20H21F3N2O. The molecule has 0 radical (unpaired) electrons. The molecule has 1 aliphatic rings. The normalized spacial score (nSPS) is 14.7. The molecule has 0 unspecified atom stereocenters. The van der Waals surface area contributed by atoms with Crippen molar-refractivity contribution in [3.63, 3.8) is 0 Å². The molecule has 0 atom stereocenters. The highest BCUT2D eigenvalue weighted by Gasteiger charge is 2.34. The van der Waals surface area contributed by atoms with E-state index in [9.17, 15) is 18.0 Å². The molecule has 6 heteroatoms. The zero-order chi connectivity index (χ0) is 18.6. The van der Waals surface area contributed by atoms with E-state index in [1.165, 1.54) is 29.3 Å². The summed E-state index contributed by atoms with van der Waals surface area (Å²) in [5, 5.41) is 2.60. The monoisotopic (exact) mass is 362 g/mol. The topological polar surface area (TPSA) is 32.3 Å². The number of fused-ring (bicyclic) bond motifs is 1. The summed E-state index contributed by atoms with van der Waals surface area (Å²) in [7, 11) is 0. The summed E-state index contributed by atoms with van der Waals surface area (Å²) in [6.45, 7) is 2.99. The largest absolute Gasteiger partial charge is 0.417 e. The molecule has 1 aliphatic heterocycles. The average Bonchev–Trinajstić information content (AvgIpc) is 2.64. The molecule has 0 aromatic heterocycles. The number of carbonyl (C=O) groups is 1. The number of rotatable bonds is 5. The third-order valence-electron chi connectivity index (χ3n) is 4.62. The van der Waals surface area contributed by atoms with Gasteiger partial charge in [0, 0.05) is 26.2 Å². The van der Waals surface area contributed by atoms with Crippen LogP contribution in [-0.4, -0.2) is 30.4 Å². The zero-order valence-electron chi connectivity index (χ0n) is 14.4. The Labute approximate surface area is 150 Å². The Morgan fingerprint density at radius 1 is 1.04 bits per heavy atom. The second-order valence-electron chi connectivity index (χ2n) is 6.45. The van der Waals surface area contributed by atoms with Crippen LogP contribution in [0.3, 0.4) is 0 Å². The van der Waals surface area contributed by atoms with Gasteiger partial charge in [0.05, 0.1) is 11.1 Å². The number of alkyl halides is 3. The van der Waals surface area contributed by atoms with E-state index in [0.717, 1.165) is 32.1 Å². The molecule has 138 valence electrons. The lowest BCUT2D eigenvalue weighted by molar-refractivity contribution is -0.137. The van der Waals surface area contributed by atoms with Gasteiger partial charge >= 0.3 is 6.18 Å². The second kappa shape index (κ2) is 7.91. The van der Waals surface area contributed by atoms with Gasteiger partial charge in [-0.25, -0.2) is 0 Å². The van der Waals surface area contributed by atoms with Gasteiger partial charge < -0.3 is 5.32 Å². The van der Waals surface area contributed by atoms with Crippen LogP contribution in [-0.2, 0) is 19.1 Å². The second-order valence-corrected chi connectivity index (χ2v) is 6.45. The Bertz CT molecular complexity index is 774. The minimum atomic E-state index is -4.53. The summed E-state index contributed by atoms with van der Waals surface area (Å²) in [5.41, 5.74) is 1.47. The average molecular weight is 362 g/mol. The minimum absolute atomic E-state index is 0.327. The standard InChI is InChI=1S/C20H21F3N2O/c21-20(22,23)18-9-4-3-8-17(18)19(26)24-11-5-12-25-13-10-15-6-1-2-7-16(15)14-25/h1-4,6-9H,5,10-14H2,(H,24,26). The lowest BCUT2D eigenvalue weighted by Crippen LogP contribution is -2.34. The lowest BCUT2D eigenvalue weighted by Gasteiger charge is -2.28. The summed E-state index contributed by atoms with van der Waals surface area (Å²) in [6.07, 6.45) is -2.83. The van der Waals surface area contributed by atoms with Crippen molar-refractivity contribution in [2.75, 3.05) is 19.6 Å². The smallest absolute Gasteiger partial charge is 0.352 e. The molecule has 3 rings (SSSR count). The number of hydrogen-bond acceptors (Lipinski definition) is 2. The molecule has 1 amide bonds. The van der Waals surface area contributed by atoms with Crippen molar-refractivity contribution in [3.05, 3.63) is 70.8 Å². The first kappa shape index (κ1) is 18.5. The van der Waals surface area contributed by atoms with E-state index in [-0.39, 0.29) is 5.56 Å². The Hall–Kier alpha value is -2.34. The number of amides is 1. The molecule has 0 bridgehead atoms. The van der Waals surface area contributed by atoms with Gasteiger partial charge in [0.25, 0.3) is 5.91 Å². The van der Waals surface area contributed by atoms with E-state index in [1.807, 2.05) is 12.1 Å². The van der Waals surface area contributed by atoms with Crippen molar-refractivity contribution in [3.8, 4) is 0 Å². The molecular weight excluding hydrogens is 341 g/mol. The number of carbonyl (C=O) groups excluding carboxylic acids is 1. The summed E-state index contributed by atoms with van der Waals surface area (Å²) < 4.78 is 38.9. The fourth-order valence-electron chi connectivity index (χ4n) is 3.27. The van der Waals surface area contributed by atoms with E-state index >= 15 is 0 Å². The SMILES string of the molecule is O=C(NCCCN1CCc2ccccc2C1)c1ccccc1C(F)(F)F.